The molecule has 1 heteroatoms. The normalized spacial score (nSPS) is 32.6. The second-order valence-corrected chi connectivity index (χ2v) is 3.59. The van der Waals surface area contributed by atoms with E-state index < -0.39 is 0 Å². The zero-order valence-corrected chi connectivity index (χ0v) is 7.11. The van der Waals surface area contributed by atoms with Gasteiger partial charge in [0, 0.05) is 11.8 Å². The van der Waals surface area contributed by atoms with Gasteiger partial charge in [-0.2, -0.15) is 0 Å². The van der Waals surface area contributed by atoms with Crippen molar-refractivity contribution < 1.29 is 4.79 Å². The standard InChI is InChI=1S/C9H16O/c1-4-9(7(2)3)6-5-8(9)10/h7H,4-6H2,1-3H3. The van der Waals surface area contributed by atoms with Gasteiger partial charge in [-0.25, -0.2) is 0 Å². The molecular formula is C9H16O. The Morgan fingerprint density at radius 3 is 2.20 bits per heavy atom. The van der Waals surface area contributed by atoms with E-state index in [2.05, 4.69) is 20.8 Å². The second-order valence-electron chi connectivity index (χ2n) is 3.59. The summed E-state index contributed by atoms with van der Waals surface area (Å²) in [5.74, 6) is 1.03. The first kappa shape index (κ1) is 7.77. The Hall–Kier alpha value is -0.330. The molecule has 58 valence electrons. The molecule has 10 heavy (non-hydrogen) atoms. The summed E-state index contributed by atoms with van der Waals surface area (Å²) in [7, 11) is 0. The Balaban J connectivity index is 2.69. The van der Waals surface area contributed by atoms with Crippen LogP contribution in [-0.4, -0.2) is 5.78 Å². The number of hydrogen-bond acceptors (Lipinski definition) is 1. The van der Waals surface area contributed by atoms with Crippen molar-refractivity contribution in [2.24, 2.45) is 11.3 Å². The number of carbonyl (C=O) groups is 1. The van der Waals surface area contributed by atoms with Crippen molar-refractivity contribution in [3.63, 3.8) is 0 Å². The highest BCUT2D eigenvalue weighted by Gasteiger charge is 2.46. The van der Waals surface area contributed by atoms with Crippen LogP contribution in [0.25, 0.3) is 0 Å². The van der Waals surface area contributed by atoms with E-state index in [1.54, 1.807) is 0 Å². The van der Waals surface area contributed by atoms with Crippen LogP contribution in [0.15, 0.2) is 0 Å². The number of rotatable bonds is 2. The average Bonchev–Trinajstić information content (AvgIpc) is 1.86. The van der Waals surface area contributed by atoms with Gasteiger partial charge in [0.15, 0.2) is 0 Å². The molecule has 0 aromatic heterocycles. The molecule has 1 aliphatic carbocycles. The van der Waals surface area contributed by atoms with Crippen molar-refractivity contribution in [1.82, 2.24) is 0 Å². The second kappa shape index (κ2) is 2.37. The average molecular weight is 140 g/mol. The van der Waals surface area contributed by atoms with Gasteiger partial charge in [-0.1, -0.05) is 20.8 Å². The van der Waals surface area contributed by atoms with Crippen LogP contribution in [0.4, 0.5) is 0 Å². The molecule has 0 aliphatic heterocycles. The third kappa shape index (κ3) is 0.799. The first-order valence-corrected chi connectivity index (χ1v) is 4.17. The first-order valence-electron chi connectivity index (χ1n) is 4.17. The Morgan fingerprint density at radius 1 is 1.60 bits per heavy atom. The van der Waals surface area contributed by atoms with Gasteiger partial charge in [-0.3, -0.25) is 4.79 Å². The summed E-state index contributed by atoms with van der Waals surface area (Å²) in [5, 5.41) is 0. The van der Waals surface area contributed by atoms with Gasteiger partial charge in [0.1, 0.15) is 5.78 Å². The lowest BCUT2D eigenvalue weighted by Gasteiger charge is -2.42. The molecule has 1 rings (SSSR count). The van der Waals surface area contributed by atoms with Gasteiger partial charge < -0.3 is 0 Å². The van der Waals surface area contributed by atoms with Crippen molar-refractivity contribution in [2.45, 2.75) is 40.0 Å². The highest BCUT2D eigenvalue weighted by Crippen LogP contribution is 2.46. The molecule has 1 unspecified atom stereocenters. The van der Waals surface area contributed by atoms with Gasteiger partial charge in [-0.05, 0) is 18.8 Å². The van der Waals surface area contributed by atoms with Crippen LogP contribution in [0.1, 0.15) is 40.0 Å². The lowest BCUT2D eigenvalue weighted by Crippen LogP contribution is -2.44. The van der Waals surface area contributed by atoms with E-state index in [1.807, 2.05) is 0 Å². The lowest BCUT2D eigenvalue weighted by atomic mass is 9.59. The molecule has 0 radical (unpaired) electrons. The van der Waals surface area contributed by atoms with Crippen LogP contribution in [-0.2, 0) is 4.79 Å². The summed E-state index contributed by atoms with van der Waals surface area (Å²) in [6, 6.07) is 0. The van der Waals surface area contributed by atoms with E-state index in [0.717, 1.165) is 19.3 Å². The molecule has 0 aromatic rings. The predicted octanol–water partition coefficient (Wildman–Crippen LogP) is 2.40. The van der Waals surface area contributed by atoms with Gasteiger partial charge in [0.2, 0.25) is 0 Å². The van der Waals surface area contributed by atoms with E-state index in [9.17, 15) is 4.79 Å². The van der Waals surface area contributed by atoms with Crippen molar-refractivity contribution >= 4 is 5.78 Å². The number of carbonyl (C=O) groups excluding carboxylic acids is 1. The fourth-order valence-electron chi connectivity index (χ4n) is 1.94. The Morgan fingerprint density at radius 2 is 2.20 bits per heavy atom. The third-order valence-corrected chi connectivity index (χ3v) is 3.09. The smallest absolute Gasteiger partial charge is 0.139 e. The van der Waals surface area contributed by atoms with Crippen molar-refractivity contribution in [2.75, 3.05) is 0 Å². The maximum absolute atomic E-state index is 11.2. The fraction of sp³-hybridized carbons (Fsp3) is 0.889. The molecule has 1 fully saturated rings. The summed E-state index contributed by atoms with van der Waals surface area (Å²) in [4.78, 5) is 11.2. The fourth-order valence-corrected chi connectivity index (χ4v) is 1.94. The minimum absolute atomic E-state index is 0.0833. The van der Waals surface area contributed by atoms with Crippen LogP contribution in [0.2, 0.25) is 0 Å². The minimum Gasteiger partial charge on any atom is -0.299 e. The van der Waals surface area contributed by atoms with E-state index in [1.165, 1.54) is 0 Å². The molecule has 0 saturated heterocycles. The molecule has 0 spiro atoms. The summed E-state index contributed by atoms with van der Waals surface area (Å²) in [5.41, 5.74) is 0.0833. The number of Topliss-reactive ketones (excluding diaryl/α,β-unsaturated/α-hetero) is 1. The van der Waals surface area contributed by atoms with Gasteiger partial charge in [-0.15, -0.1) is 0 Å². The summed E-state index contributed by atoms with van der Waals surface area (Å²) >= 11 is 0. The monoisotopic (exact) mass is 140 g/mol. The molecule has 1 saturated carbocycles. The summed E-state index contributed by atoms with van der Waals surface area (Å²) in [6.45, 7) is 6.43. The van der Waals surface area contributed by atoms with E-state index in [-0.39, 0.29) is 5.41 Å². The number of ketones is 1. The Kier molecular flexibility index (Phi) is 1.84. The Bertz CT molecular complexity index is 145. The van der Waals surface area contributed by atoms with Crippen LogP contribution in [0.5, 0.6) is 0 Å². The summed E-state index contributed by atoms with van der Waals surface area (Å²) < 4.78 is 0. The zero-order chi connectivity index (χ0) is 7.78. The predicted molar refractivity (Wildman–Crippen MR) is 41.8 cm³/mol. The van der Waals surface area contributed by atoms with Crippen LogP contribution in [0, 0.1) is 11.3 Å². The Labute approximate surface area is 62.8 Å². The SMILES string of the molecule is CCC1(C(C)C)CCC1=O. The van der Waals surface area contributed by atoms with Crippen LogP contribution in [0.3, 0.4) is 0 Å². The topological polar surface area (TPSA) is 17.1 Å². The van der Waals surface area contributed by atoms with Crippen LogP contribution < -0.4 is 0 Å². The van der Waals surface area contributed by atoms with Crippen molar-refractivity contribution in [3.8, 4) is 0 Å². The van der Waals surface area contributed by atoms with E-state index in [0.29, 0.717) is 11.7 Å². The quantitative estimate of drug-likeness (QED) is 0.575. The van der Waals surface area contributed by atoms with E-state index in [4.69, 9.17) is 0 Å². The highest BCUT2D eigenvalue weighted by molar-refractivity contribution is 5.90. The van der Waals surface area contributed by atoms with Crippen molar-refractivity contribution in [1.29, 1.82) is 0 Å². The molecule has 0 amide bonds. The molecular weight excluding hydrogens is 124 g/mol. The van der Waals surface area contributed by atoms with Crippen molar-refractivity contribution in [3.05, 3.63) is 0 Å². The van der Waals surface area contributed by atoms with E-state index >= 15 is 0 Å². The number of hydrogen-bond donors (Lipinski definition) is 0. The molecule has 0 aromatic carbocycles. The van der Waals surface area contributed by atoms with Gasteiger partial charge in [0.05, 0.1) is 0 Å². The zero-order valence-electron chi connectivity index (χ0n) is 7.11. The van der Waals surface area contributed by atoms with Gasteiger partial charge >= 0.3 is 0 Å². The molecule has 0 heterocycles. The van der Waals surface area contributed by atoms with Crippen LogP contribution >= 0.6 is 0 Å². The molecule has 1 atom stereocenters. The maximum atomic E-state index is 11.2. The maximum Gasteiger partial charge on any atom is 0.139 e. The molecule has 0 bridgehead atoms. The third-order valence-electron chi connectivity index (χ3n) is 3.09. The largest absolute Gasteiger partial charge is 0.299 e. The minimum atomic E-state index is 0.0833. The summed E-state index contributed by atoms with van der Waals surface area (Å²) in [6.07, 6.45) is 2.98. The van der Waals surface area contributed by atoms with Gasteiger partial charge in [0.25, 0.3) is 0 Å². The molecule has 1 nitrogen and oxygen atoms in total. The lowest BCUT2D eigenvalue weighted by molar-refractivity contribution is -0.142. The molecule has 0 N–H and O–H groups in total. The highest BCUT2D eigenvalue weighted by atomic mass is 16.1. The first-order chi connectivity index (χ1) is 4.63. The molecule has 1 aliphatic rings.